The van der Waals surface area contributed by atoms with E-state index < -0.39 is 17.7 Å². The zero-order valence-electron chi connectivity index (χ0n) is 13.4. The van der Waals surface area contributed by atoms with Crippen molar-refractivity contribution in [3.8, 4) is 6.07 Å². The van der Waals surface area contributed by atoms with Crippen molar-refractivity contribution >= 4 is 17.5 Å². The normalized spacial score (nSPS) is 12.4. The molecule has 0 saturated carbocycles. The van der Waals surface area contributed by atoms with Crippen molar-refractivity contribution in [2.75, 3.05) is 10.6 Å². The molecule has 1 atom stereocenters. The highest BCUT2D eigenvalue weighted by Gasteiger charge is 2.34. The minimum absolute atomic E-state index is 0.0174. The highest BCUT2D eigenvalue weighted by molar-refractivity contribution is 5.65. The van der Waals surface area contributed by atoms with E-state index in [1.807, 2.05) is 6.92 Å². The third-order valence-corrected chi connectivity index (χ3v) is 3.39. The van der Waals surface area contributed by atoms with Gasteiger partial charge in [0, 0.05) is 12.1 Å². The van der Waals surface area contributed by atoms with Crippen molar-refractivity contribution in [3.05, 3.63) is 41.3 Å². The fourth-order valence-electron chi connectivity index (χ4n) is 1.92. The van der Waals surface area contributed by atoms with Crippen LogP contribution < -0.4 is 10.6 Å². The van der Waals surface area contributed by atoms with E-state index in [0.29, 0.717) is 12.5 Å². The van der Waals surface area contributed by atoms with Gasteiger partial charge in [0.1, 0.15) is 23.3 Å². The van der Waals surface area contributed by atoms with E-state index in [1.165, 1.54) is 12.1 Å². The van der Waals surface area contributed by atoms with Crippen molar-refractivity contribution in [1.29, 1.82) is 5.26 Å². The van der Waals surface area contributed by atoms with E-state index in [2.05, 4.69) is 20.6 Å². The summed E-state index contributed by atoms with van der Waals surface area (Å²) in [4.78, 5) is 7.44. The minimum Gasteiger partial charge on any atom is -0.352 e. The van der Waals surface area contributed by atoms with Crippen LogP contribution in [0.1, 0.15) is 31.5 Å². The first-order valence-corrected chi connectivity index (χ1v) is 7.43. The molecule has 0 amide bonds. The maximum absolute atomic E-state index is 13.6. The van der Waals surface area contributed by atoms with Crippen LogP contribution in [0.3, 0.4) is 0 Å². The van der Waals surface area contributed by atoms with Crippen LogP contribution in [0, 0.1) is 17.1 Å². The minimum atomic E-state index is -4.68. The number of halogens is 4. The Morgan fingerprint density at radius 2 is 2.00 bits per heavy atom. The van der Waals surface area contributed by atoms with Crippen molar-refractivity contribution < 1.29 is 17.6 Å². The molecule has 0 aliphatic heterocycles. The van der Waals surface area contributed by atoms with Gasteiger partial charge in [-0.15, -0.1) is 0 Å². The van der Waals surface area contributed by atoms with Crippen LogP contribution in [0.4, 0.5) is 35.0 Å². The van der Waals surface area contributed by atoms with Gasteiger partial charge >= 0.3 is 6.18 Å². The van der Waals surface area contributed by atoms with Gasteiger partial charge in [0.15, 0.2) is 5.69 Å². The summed E-state index contributed by atoms with van der Waals surface area (Å²) in [5, 5.41) is 14.3. The average Bonchev–Trinajstić information content (AvgIpc) is 2.54. The Morgan fingerprint density at radius 1 is 1.28 bits per heavy atom. The number of hydrogen-bond donors (Lipinski definition) is 2. The Bertz CT molecular complexity index is 798. The molecule has 0 spiro atoms. The number of alkyl halides is 3. The van der Waals surface area contributed by atoms with Gasteiger partial charge in [0.25, 0.3) is 0 Å². The van der Waals surface area contributed by atoms with Crippen molar-refractivity contribution in [3.63, 3.8) is 0 Å². The van der Waals surface area contributed by atoms with Gasteiger partial charge in [-0.2, -0.15) is 23.4 Å². The third-order valence-electron chi connectivity index (χ3n) is 3.39. The second kappa shape index (κ2) is 7.34. The van der Waals surface area contributed by atoms with Gasteiger partial charge < -0.3 is 10.6 Å². The number of nitrogens with zero attached hydrogens (tertiary/aromatic N) is 3. The molecule has 0 saturated heterocycles. The molecular formula is C16H15F4N5. The standard InChI is InChI=1S/C16H15F4N5/c1-3-9(2)22-15-24-13(16(18,19)20)7-14(25-15)23-12-6-4-5-11(17)10(12)8-21/h4-7,9H,3H2,1-2H3,(H2,22,23,24,25)/t9-/m0/s1. The lowest BCUT2D eigenvalue weighted by Crippen LogP contribution is -2.19. The zero-order chi connectivity index (χ0) is 18.6. The average molecular weight is 353 g/mol. The van der Waals surface area contributed by atoms with Crippen molar-refractivity contribution in [1.82, 2.24) is 9.97 Å². The van der Waals surface area contributed by atoms with Crippen LogP contribution in [0.25, 0.3) is 0 Å². The Kier molecular flexibility index (Phi) is 5.41. The van der Waals surface area contributed by atoms with Gasteiger partial charge in [0.05, 0.1) is 5.69 Å². The third kappa shape index (κ3) is 4.56. The highest BCUT2D eigenvalue weighted by Crippen LogP contribution is 2.31. The van der Waals surface area contributed by atoms with E-state index in [0.717, 1.165) is 6.07 Å². The Morgan fingerprint density at radius 3 is 2.60 bits per heavy atom. The van der Waals surface area contributed by atoms with Gasteiger partial charge in [-0.05, 0) is 25.5 Å². The maximum Gasteiger partial charge on any atom is 0.433 e. The lowest BCUT2D eigenvalue weighted by molar-refractivity contribution is -0.141. The quantitative estimate of drug-likeness (QED) is 0.777. The molecular weight excluding hydrogens is 338 g/mol. The first-order chi connectivity index (χ1) is 11.7. The molecule has 0 fully saturated rings. The number of nitriles is 1. The topological polar surface area (TPSA) is 73.6 Å². The van der Waals surface area contributed by atoms with Crippen LogP contribution >= 0.6 is 0 Å². The van der Waals surface area contributed by atoms with Gasteiger partial charge in [-0.25, -0.2) is 9.37 Å². The predicted octanol–water partition coefficient (Wildman–Crippen LogP) is 4.46. The van der Waals surface area contributed by atoms with E-state index >= 15 is 0 Å². The monoisotopic (exact) mass is 353 g/mol. The molecule has 0 bridgehead atoms. The van der Waals surface area contributed by atoms with Gasteiger partial charge in [0.2, 0.25) is 5.95 Å². The molecule has 2 N–H and O–H groups in total. The Hall–Kier alpha value is -2.89. The van der Waals surface area contributed by atoms with Crippen LogP contribution in [0.5, 0.6) is 0 Å². The fourth-order valence-corrected chi connectivity index (χ4v) is 1.92. The molecule has 9 heteroatoms. The molecule has 0 aliphatic rings. The fraction of sp³-hybridized carbons (Fsp3) is 0.312. The second-order valence-corrected chi connectivity index (χ2v) is 5.31. The lowest BCUT2D eigenvalue weighted by atomic mass is 10.2. The van der Waals surface area contributed by atoms with Crippen molar-refractivity contribution in [2.24, 2.45) is 0 Å². The van der Waals surface area contributed by atoms with Crippen LogP contribution in [-0.4, -0.2) is 16.0 Å². The second-order valence-electron chi connectivity index (χ2n) is 5.31. The summed E-state index contributed by atoms with van der Waals surface area (Å²) in [5.74, 6) is -1.19. The molecule has 2 aromatic rings. The molecule has 25 heavy (non-hydrogen) atoms. The van der Waals surface area contributed by atoms with Crippen LogP contribution in [0.15, 0.2) is 24.3 Å². The number of hydrogen-bond acceptors (Lipinski definition) is 5. The molecule has 0 radical (unpaired) electrons. The predicted molar refractivity (Wildman–Crippen MR) is 84.8 cm³/mol. The lowest BCUT2D eigenvalue weighted by Gasteiger charge is -2.16. The largest absolute Gasteiger partial charge is 0.433 e. The van der Waals surface area contributed by atoms with Gasteiger partial charge in [-0.3, -0.25) is 0 Å². The molecule has 0 aliphatic carbocycles. The zero-order valence-corrected chi connectivity index (χ0v) is 13.4. The highest BCUT2D eigenvalue weighted by atomic mass is 19.4. The van der Waals surface area contributed by atoms with Crippen LogP contribution in [-0.2, 0) is 6.18 Å². The summed E-state index contributed by atoms with van der Waals surface area (Å²) in [6.45, 7) is 3.63. The van der Waals surface area contributed by atoms with Crippen molar-refractivity contribution in [2.45, 2.75) is 32.5 Å². The molecule has 132 valence electrons. The summed E-state index contributed by atoms with van der Waals surface area (Å²) >= 11 is 0. The van der Waals surface area contributed by atoms with E-state index in [9.17, 15) is 17.6 Å². The molecule has 1 heterocycles. The Balaban J connectivity index is 2.45. The van der Waals surface area contributed by atoms with E-state index in [4.69, 9.17) is 5.26 Å². The Labute approximate surface area is 141 Å². The first-order valence-electron chi connectivity index (χ1n) is 7.43. The SMILES string of the molecule is CC[C@H](C)Nc1nc(Nc2cccc(F)c2C#N)cc(C(F)(F)F)n1. The van der Waals surface area contributed by atoms with Gasteiger partial charge in [-0.1, -0.05) is 13.0 Å². The molecule has 0 unspecified atom stereocenters. The number of benzene rings is 1. The molecule has 2 rings (SSSR count). The summed E-state index contributed by atoms with van der Waals surface area (Å²) in [7, 11) is 0. The molecule has 1 aromatic heterocycles. The summed E-state index contributed by atoms with van der Waals surface area (Å²) in [6.07, 6.45) is -4.02. The smallest absolute Gasteiger partial charge is 0.352 e. The van der Waals surface area contributed by atoms with Crippen LogP contribution in [0.2, 0.25) is 0 Å². The first kappa shape index (κ1) is 18.4. The number of nitrogens with one attached hydrogen (secondary N) is 2. The number of rotatable bonds is 5. The van der Waals surface area contributed by atoms with E-state index in [-0.39, 0.29) is 29.1 Å². The summed E-state index contributed by atoms with van der Waals surface area (Å²) in [6, 6.07) is 6.02. The summed E-state index contributed by atoms with van der Waals surface area (Å²) in [5.41, 5.74) is -1.44. The number of anilines is 3. The molecule has 5 nitrogen and oxygen atoms in total. The van der Waals surface area contributed by atoms with E-state index in [1.54, 1.807) is 13.0 Å². The maximum atomic E-state index is 13.6. The summed E-state index contributed by atoms with van der Waals surface area (Å²) < 4.78 is 52.8. The number of aromatic nitrogens is 2. The molecule has 1 aromatic carbocycles.